The Bertz CT molecular complexity index is 780. The SMILES string of the molecule is CC(=CC(=O)O)c1ccc(OCc2c(F)cccc2F)c(CCO)c1. The topological polar surface area (TPSA) is 66.8 Å². The third-order valence-electron chi connectivity index (χ3n) is 3.67. The molecule has 2 N–H and O–H groups in total. The highest BCUT2D eigenvalue weighted by atomic mass is 19.1. The summed E-state index contributed by atoms with van der Waals surface area (Å²) in [6.45, 7) is 1.22. The van der Waals surface area contributed by atoms with Gasteiger partial charge >= 0.3 is 5.97 Å². The van der Waals surface area contributed by atoms with Crippen molar-refractivity contribution < 1.29 is 28.5 Å². The lowest BCUT2D eigenvalue weighted by Crippen LogP contribution is -2.05. The number of ether oxygens (including phenoxy) is 1. The van der Waals surface area contributed by atoms with Crippen LogP contribution in [0.1, 0.15) is 23.6 Å². The summed E-state index contributed by atoms with van der Waals surface area (Å²) in [5, 5.41) is 18.0. The smallest absolute Gasteiger partial charge is 0.328 e. The number of aliphatic hydroxyl groups excluding tert-OH is 1. The van der Waals surface area contributed by atoms with Gasteiger partial charge in [-0.05, 0) is 54.3 Å². The molecule has 6 heteroatoms. The van der Waals surface area contributed by atoms with Crippen LogP contribution in [-0.4, -0.2) is 22.8 Å². The summed E-state index contributed by atoms with van der Waals surface area (Å²) >= 11 is 0. The van der Waals surface area contributed by atoms with Crippen LogP contribution in [0.25, 0.3) is 5.57 Å². The molecule has 0 bridgehead atoms. The normalized spacial score (nSPS) is 11.4. The van der Waals surface area contributed by atoms with Crippen LogP contribution in [0.4, 0.5) is 8.78 Å². The van der Waals surface area contributed by atoms with E-state index in [1.54, 1.807) is 25.1 Å². The first-order valence-electron chi connectivity index (χ1n) is 7.63. The Kier molecular flexibility index (Phi) is 6.25. The zero-order chi connectivity index (χ0) is 18.4. The summed E-state index contributed by atoms with van der Waals surface area (Å²) < 4.78 is 32.9. The van der Waals surface area contributed by atoms with Crippen molar-refractivity contribution in [2.75, 3.05) is 6.61 Å². The molecule has 4 nitrogen and oxygen atoms in total. The lowest BCUT2D eigenvalue weighted by Gasteiger charge is -2.14. The molecule has 25 heavy (non-hydrogen) atoms. The fourth-order valence-corrected chi connectivity index (χ4v) is 2.37. The lowest BCUT2D eigenvalue weighted by molar-refractivity contribution is -0.131. The van der Waals surface area contributed by atoms with Crippen LogP contribution >= 0.6 is 0 Å². The van der Waals surface area contributed by atoms with Crippen LogP contribution in [-0.2, 0) is 17.8 Å². The van der Waals surface area contributed by atoms with Crippen LogP contribution in [0, 0.1) is 11.6 Å². The van der Waals surface area contributed by atoms with Crippen LogP contribution < -0.4 is 4.74 Å². The van der Waals surface area contributed by atoms with E-state index in [1.807, 2.05) is 0 Å². The maximum atomic E-state index is 13.7. The number of aliphatic carboxylic acids is 1. The van der Waals surface area contributed by atoms with Crippen LogP contribution in [0.2, 0.25) is 0 Å². The number of aliphatic hydroxyl groups is 1. The molecule has 132 valence electrons. The number of halogens is 2. The fraction of sp³-hybridized carbons (Fsp3) is 0.211. The molecule has 0 unspecified atom stereocenters. The van der Waals surface area contributed by atoms with E-state index in [9.17, 15) is 18.7 Å². The lowest BCUT2D eigenvalue weighted by atomic mass is 10.0. The third kappa shape index (κ3) is 4.87. The van der Waals surface area contributed by atoms with Crippen molar-refractivity contribution in [3.05, 3.63) is 70.8 Å². The van der Waals surface area contributed by atoms with Gasteiger partial charge in [0.1, 0.15) is 24.0 Å². The second-order valence-electron chi connectivity index (χ2n) is 5.45. The summed E-state index contributed by atoms with van der Waals surface area (Å²) in [4.78, 5) is 10.8. The van der Waals surface area contributed by atoms with E-state index < -0.39 is 17.6 Å². The Morgan fingerprint density at radius 1 is 1.20 bits per heavy atom. The van der Waals surface area contributed by atoms with Crippen LogP contribution in [0.3, 0.4) is 0 Å². The number of carboxylic acids is 1. The summed E-state index contributed by atoms with van der Waals surface area (Å²) in [6, 6.07) is 8.52. The molecule has 0 atom stereocenters. The van der Waals surface area contributed by atoms with Crippen LogP contribution in [0.5, 0.6) is 5.75 Å². The Morgan fingerprint density at radius 3 is 2.48 bits per heavy atom. The van der Waals surface area contributed by atoms with E-state index in [1.165, 1.54) is 6.07 Å². The van der Waals surface area contributed by atoms with Crippen molar-refractivity contribution in [2.45, 2.75) is 20.0 Å². The number of rotatable bonds is 7. The maximum absolute atomic E-state index is 13.7. The van der Waals surface area contributed by atoms with Gasteiger partial charge in [0.05, 0.1) is 5.56 Å². The van der Waals surface area contributed by atoms with Gasteiger partial charge in [-0.2, -0.15) is 0 Å². The molecule has 0 amide bonds. The molecule has 0 heterocycles. The highest BCUT2D eigenvalue weighted by molar-refractivity contribution is 5.89. The number of carboxylic acid groups (broad SMARTS) is 1. The van der Waals surface area contributed by atoms with E-state index in [0.717, 1.165) is 18.2 Å². The monoisotopic (exact) mass is 348 g/mol. The molecule has 0 radical (unpaired) electrons. The molecular formula is C19H18F2O4. The molecule has 0 aliphatic rings. The molecule has 2 rings (SSSR count). The zero-order valence-electron chi connectivity index (χ0n) is 13.6. The molecule has 2 aromatic carbocycles. The minimum atomic E-state index is -1.06. The minimum absolute atomic E-state index is 0.143. The van der Waals surface area contributed by atoms with Gasteiger partial charge in [0, 0.05) is 12.7 Å². The van der Waals surface area contributed by atoms with Crippen molar-refractivity contribution >= 4 is 11.5 Å². The Balaban J connectivity index is 2.27. The minimum Gasteiger partial charge on any atom is -0.488 e. The van der Waals surface area contributed by atoms with Crippen molar-refractivity contribution in [3.63, 3.8) is 0 Å². The molecule has 0 aromatic heterocycles. The predicted molar refractivity (Wildman–Crippen MR) is 89.2 cm³/mol. The van der Waals surface area contributed by atoms with E-state index in [2.05, 4.69) is 0 Å². The van der Waals surface area contributed by atoms with Gasteiger partial charge in [0.15, 0.2) is 0 Å². The first kappa shape index (κ1) is 18.6. The van der Waals surface area contributed by atoms with Gasteiger partial charge in [-0.25, -0.2) is 13.6 Å². The highest BCUT2D eigenvalue weighted by Crippen LogP contribution is 2.26. The van der Waals surface area contributed by atoms with E-state index in [0.29, 0.717) is 22.4 Å². The van der Waals surface area contributed by atoms with Gasteiger partial charge < -0.3 is 14.9 Å². The first-order valence-corrected chi connectivity index (χ1v) is 7.63. The molecule has 0 fully saturated rings. The van der Waals surface area contributed by atoms with Crippen molar-refractivity contribution in [2.24, 2.45) is 0 Å². The number of hydrogen-bond acceptors (Lipinski definition) is 3. The Hall–Kier alpha value is -2.73. The maximum Gasteiger partial charge on any atom is 0.328 e. The van der Waals surface area contributed by atoms with Crippen molar-refractivity contribution in [3.8, 4) is 5.75 Å². The van der Waals surface area contributed by atoms with Gasteiger partial charge in [-0.15, -0.1) is 0 Å². The standard InChI is InChI=1S/C19H18F2O4/c1-12(9-19(23)24)13-5-6-18(14(10-13)7-8-22)25-11-15-16(20)3-2-4-17(15)21/h2-6,9-10,22H,7-8,11H2,1H3,(H,23,24). The molecular weight excluding hydrogens is 330 g/mol. The second-order valence-corrected chi connectivity index (χ2v) is 5.45. The quantitative estimate of drug-likeness (QED) is 0.751. The van der Waals surface area contributed by atoms with E-state index >= 15 is 0 Å². The third-order valence-corrected chi connectivity index (χ3v) is 3.67. The van der Waals surface area contributed by atoms with Gasteiger partial charge in [0.2, 0.25) is 0 Å². The molecule has 0 aliphatic heterocycles. The number of hydrogen-bond donors (Lipinski definition) is 2. The second kappa shape index (κ2) is 8.39. The summed E-state index contributed by atoms with van der Waals surface area (Å²) in [6.07, 6.45) is 1.34. The van der Waals surface area contributed by atoms with E-state index in [-0.39, 0.29) is 25.2 Å². The van der Waals surface area contributed by atoms with Crippen molar-refractivity contribution in [1.82, 2.24) is 0 Å². The van der Waals surface area contributed by atoms with Gasteiger partial charge in [-0.3, -0.25) is 0 Å². The van der Waals surface area contributed by atoms with Gasteiger partial charge in [-0.1, -0.05) is 12.1 Å². The van der Waals surface area contributed by atoms with E-state index in [4.69, 9.17) is 9.84 Å². The van der Waals surface area contributed by atoms with Crippen molar-refractivity contribution in [1.29, 1.82) is 0 Å². The number of allylic oxidation sites excluding steroid dienone is 1. The summed E-state index contributed by atoms with van der Waals surface area (Å²) in [5.41, 5.74) is 1.65. The summed E-state index contributed by atoms with van der Waals surface area (Å²) in [5.74, 6) is -2.07. The molecule has 0 spiro atoms. The Morgan fingerprint density at radius 2 is 1.88 bits per heavy atom. The molecule has 0 aliphatic carbocycles. The average molecular weight is 348 g/mol. The average Bonchev–Trinajstić information content (AvgIpc) is 2.55. The number of benzene rings is 2. The fourth-order valence-electron chi connectivity index (χ4n) is 2.37. The summed E-state index contributed by atoms with van der Waals surface area (Å²) in [7, 11) is 0. The number of carbonyl (C=O) groups is 1. The molecule has 2 aromatic rings. The molecule has 0 saturated carbocycles. The van der Waals surface area contributed by atoms with Crippen LogP contribution in [0.15, 0.2) is 42.5 Å². The Labute approximate surface area is 144 Å². The zero-order valence-corrected chi connectivity index (χ0v) is 13.6. The highest BCUT2D eigenvalue weighted by Gasteiger charge is 2.12. The molecule has 0 saturated heterocycles. The van der Waals surface area contributed by atoms with Gasteiger partial charge in [0.25, 0.3) is 0 Å². The first-order chi connectivity index (χ1) is 11.9. The predicted octanol–water partition coefficient (Wildman–Crippen LogP) is 3.57. The largest absolute Gasteiger partial charge is 0.488 e.